The van der Waals surface area contributed by atoms with Crippen LogP contribution >= 0.6 is 0 Å². The normalized spacial score (nSPS) is 11.9. The van der Waals surface area contributed by atoms with Gasteiger partial charge in [-0.25, -0.2) is 0 Å². The molecule has 226 valence electrons. The lowest BCUT2D eigenvalue weighted by atomic mass is 10.1. The second kappa shape index (κ2) is 13.7. The van der Waals surface area contributed by atoms with E-state index >= 15 is 0 Å². The Labute approximate surface area is 247 Å². The van der Waals surface area contributed by atoms with Crippen molar-refractivity contribution in [3.63, 3.8) is 0 Å². The van der Waals surface area contributed by atoms with E-state index in [2.05, 4.69) is 25.6 Å². The Kier molecular flexibility index (Phi) is 10.0. The summed E-state index contributed by atoms with van der Waals surface area (Å²) in [5, 5.41) is 24.8. The van der Waals surface area contributed by atoms with Crippen LogP contribution in [-0.4, -0.2) is 77.4 Å². The van der Waals surface area contributed by atoms with Crippen LogP contribution in [0.3, 0.4) is 0 Å². The van der Waals surface area contributed by atoms with Crippen LogP contribution in [-0.2, 0) is 20.2 Å². The molecule has 1 aromatic heterocycles. The van der Waals surface area contributed by atoms with E-state index in [4.69, 9.17) is 0 Å². The number of aliphatic hydroxyl groups excluding tert-OH is 2. The Morgan fingerprint density at radius 2 is 1.26 bits per heavy atom. The average molecular weight is 629 g/mol. The summed E-state index contributed by atoms with van der Waals surface area (Å²) in [5.74, 6) is -0.0109. The zero-order chi connectivity index (χ0) is 31.0. The second-order valence-electron chi connectivity index (χ2n) is 8.88. The monoisotopic (exact) mass is 628 g/mol. The number of para-hydroxylation sites is 1. The first kappa shape index (κ1) is 31.5. The van der Waals surface area contributed by atoms with E-state index in [1.165, 1.54) is 59.5 Å². The third-order valence-electron chi connectivity index (χ3n) is 5.87. The molecule has 0 saturated heterocycles. The van der Waals surface area contributed by atoms with Crippen molar-refractivity contribution in [1.29, 1.82) is 0 Å². The van der Waals surface area contributed by atoms with Crippen molar-refractivity contribution in [3.8, 4) is 0 Å². The molecule has 14 nitrogen and oxygen atoms in total. The number of nitrogens with one attached hydrogen (secondary N) is 2. The minimum atomic E-state index is -4.87. The highest BCUT2D eigenvalue weighted by Gasteiger charge is 2.22. The van der Waals surface area contributed by atoms with Gasteiger partial charge in [0.1, 0.15) is 9.79 Å². The topological polar surface area (TPSA) is 215 Å². The molecule has 0 atom stereocenters. The van der Waals surface area contributed by atoms with Crippen LogP contribution in [0, 0.1) is 0 Å². The molecule has 43 heavy (non-hydrogen) atoms. The van der Waals surface area contributed by atoms with Gasteiger partial charge in [-0.2, -0.15) is 31.8 Å². The fourth-order valence-electron chi connectivity index (χ4n) is 4.05. The van der Waals surface area contributed by atoms with E-state index in [9.17, 15) is 36.2 Å². The van der Waals surface area contributed by atoms with E-state index in [-0.39, 0.29) is 65.9 Å². The van der Waals surface area contributed by atoms with Gasteiger partial charge < -0.3 is 25.7 Å². The number of aromatic nitrogens is 3. The van der Waals surface area contributed by atoms with Gasteiger partial charge in [-0.05, 0) is 35.4 Å². The van der Waals surface area contributed by atoms with Gasteiger partial charge >= 0.3 is 0 Å². The molecule has 0 bridgehead atoms. The Morgan fingerprint density at radius 1 is 0.674 bits per heavy atom. The predicted octanol–water partition coefficient (Wildman–Crippen LogP) is 2.81. The number of nitrogens with zero attached hydrogens (tertiary/aromatic N) is 4. The highest BCUT2D eigenvalue weighted by atomic mass is 32.2. The van der Waals surface area contributed by atoms with Crippen molar-refractivity contribution in [1.82, 2.24) is 15.0 Å². The van der Waals surface area contributed by atoms with Gasteiger partial charge in [0.05, 0.1) is 18.9 Å². The van der Waals surface area contributed by atoms with E-state index in [1.807, 2.05) is 6.07 Å². The van der Waals surface area contributed by atoms with Crippen LogP contribution in [0.25, 0.3) is 12.2 Å². The van der Waals surface area contributed by atoms with Gasteiger partial charge in [0.2, 0.25) is 17.8 Å². The fraction of sp³-hybridized carbons (Fsp3) is 0.148. The molecule has 0 amide bonds. The van der Waals surface area contributed by atoms with Crippen LogP contribution in [0.2, 0.25) is 0 Å². The molecule has 0 aliphatic heterocycles. The SMILES string of the molecule is O=S(=O)(O)c1ccccc1/C=C/c1cccc(Nc2nc(Nc3ccccc3)nc(N(CCO)CCO)n2)c1S(=O)(=O)O. The lowest BCUT2D eigenvalue weighted by Gasteiger charge is -2.22. The van der Waals surface area contributed by atoms with Crippen LogP contribution in [0.15, 0.2) is 82.6 Å². The fourth-order valence-corrected chi connectivity index (χ4v) is 5.56. The Morgan fingerprint density at radius 3 is 1.88 bits per heavy atom. The number of rotatable bonds is 13. The summed E-state index contributed by atoms with van der Waals surface area (Å²) < 4.78 is 68.4. The summed E-state index contributed by atoms with van der Waals surface area (Å²) in [4.78, 5) is 13.6. The molecule has 4 aromatic rings. The van der Waals surface area contributed by atoms with Gasteiger partial charge in [0.15, 0.2) is 0 Å². The first-order valence-corrected chi connectivity index (χ1v) is 15.5. The second-order valence-corrected chi connectivity index (χ2v) is 11.6. The maximum absolute atomic E-state index is 12.6. The zero-order valence-electron chi connectivity index (χ0n) is 22.4. The van der Waals surface area contributed by atoms with Crippen molar-refractivity contribution in [3.05, 3.63) is 83.9 Å². The third kappa shape index (κ3) is 8.31. The highest BCUT2D eigenvalue weighted by molar-refractivity contribution is 7.86. The lowest BCUT2D eigenvalue weighted by Crippen LogP contribution is -2.31. The van der Waals surface area contributed by atoms with Crippen LogP contribution < -0.4 is 15.5 Å². The molecule has 16 heteroatoms. The minimum absolute atomic E-state index is 0.0169. The maximum atomic E-state index is 12.6. The Hall–Kier alpha value is -4.45. The van der Waals surface area contributed by atoms with Crippen LogP contribution in [0.5, 0.6) is 0 Å². The largest absolute Gasteiger partial charge is 0.395 e. The predicted molar refractivity (Wildman–Crippen MR) is 161 cm³/mol. The smallest absolute Gasteiger partial charge is 0.297 e. The summed E-state index contributed by atoms with van der Waals surface area (Å²) in [7, 11) is -9.44. The van der Waals surface area contributed by atoms with E-state index in [1.54, 1.807) is 24.3 Å². The molecule has 0 aliphatic carbocycles. The number of hydrogen-bond donors (Lipinski definition) is 6. The number of benzene rings is 3. The summed E-state index contributed by atoms with van der Waals surface area (Å²) in [6.07, 6.45) is 2.55. The summed E-state index contributed by atoms with van der Waals surface area (Å²) in [6.45, 7) is -0.372. The number of aliphatic hydroxyl groups is 2. The van der Waals surface area contributed by atoms with E-state index in [0.29, 0.717) is 5.69 Å². The van der Waals surface area contributed by atoms with Gasteiger partial charge in [-0.1, -0.05) is 60.7 Å². The molecule has 4 rings (SSSR count). The van der Waals surface area contributed by atoms with Crippen molar-refractivity contribution in [2.45, 2.75) is 9.79 Å². The molecule has 0 saturated carbocycles. The molecule has 0 radical (unpaired) electrons. The first-order chi connectivity index (χ1) is 20.5. The van der Waals surface area contributed by atoms with Gasteiger partial charge in [-0.15, -0.1) is 0 Å². The first-order valence-electron chi connectivity index (χ1n) is 12.7. The minimum Gasteiger partial charge on any atom is -0.395 e. The van der Waals surface area contributed by atoms with Crippen molar-refractivity contribution < 1.29 is 36.2 Å². The molecule has 0 aliphatic rings. The van der Waals surface area contributed by atoms with Crippen molar-refractivity contribution in [2.75, 3.05) is 41.8 Å². The van der Waals surface area contributed by atoms with Gasteiger partial charge in [0, 0.05) is 18.8 Å². The molecular weight excluding hydrogens is 600 g/mol. The molecule has 3 aromatic carbocycles. The van der Waals surface area contributed by atoms with Crippen LogP contribution in [0.4, 0.5) is 29.2 Å². The standard InChI is InChI=1S/C27H28N6O8S2/c34-17-15-33(16-18-35)27-31-25(28-21-9-2-1-3-10-21)30-26(32-27)29-22-11-6-8-20(24(22)43(39,40)41)14-13-19-7-4-5-12-23(19)42(36,37)38/h1-14,34-35H,15-18H2,(H,36,37,38)(H,39,40,41)(H2,28,29,30,31,32)/b14-13+. The highest BCUT2D eigenvalue weighted by Crippen LogP contribution is 2.30. The number of anilines is 5. The lowest BCUT2D eigenvalue weighted by molar-refractivity contribution is 0.280. The number of hydrogen-bond acceptors (Lipinski definition) is 12. The zero-order valence-corrected chi connectivity index (χ0v) is 24.1. The summed E-state index contributed by atoms with van der Waals surface area (Å²) in [5.41, 5.74) is 0.580. The molecular formula is C27H28N6O8S2. The summed E-state index contributed by atoms with van der Waals surface area (Å²) in [6, 6.07) is 18.7. The molecule has 0 spiro atoms. The summed E-state index contributed by atoms with van der Waals surface area (Å²) >= 11 is 0. The molecule has 0 fully saturated rings. The molecule has 1 heterocycles. The Balaban J connectivity index is 1.79. The molecule has 6 N–H and O–H groups in total. The Bertz CT molecular complexity index is 1810. The van der Waals surface area contributed by atoms with Gasteiger partial charge in [0.25, 0.3) is 20.2 Å². The van der Waals surface area contributed by atoms with Crippen molar-refractivity contribution >= 4 is 61.6 Å². The van der Waals surface area contributed by atoms with Crippen LogP contribution in [0.1, 0.15) is 11.1 Å². The van der Waals surface area contributed by atoms with Gasteiger partial charge in [-0.3, -0.25) is 9.11 Å². The average Bonchev–Trinajstić information content (AvgIpc) is 2.95. The van der Waals surface area contributed by atoms with Crippen molar-refractivity contribution in [2.24, 2.45) is 0 Å². The quantitative estimate of drug-likeness (QED) is 0.0928. The maximum Gasteiger partial charge on any atom is 0.297 e. The molecule has 0 unspecified atom stereocenters. The third-order valence-corrected chi connectivity index (χ3v) is 7.76. The van der Waals surface area contributed by atoms with E-state index < -0.39 is 25.1 Å². The van der Waals surface area contributed by atoms with E-state index in [0.717, 1.165) is 0 Å².